The second-order valence-corrected chi connectivity index (χ2v) is 6.03. The Bertz CT molecular complexity index is 269. The Morgan fingerprint density at radius 2 is 2.06 bits per heavy atom. The van der Waals surface area contributed by atoms with E-state index in [-0.39, 0.29) is 11.9 Å². The zero-order valence-electron chi connectivity index (χ0n) is 10.7. The van der Waals surface area contributed by atoms with Crippen LogP contribution in [0.15, 0.2) is 0 Å². The van der Waals surface area contributed by atoms with Crippen LogP contribution in [0.3, 0.4) is 0 Å². The first-order chi connectivity index (χ1) is 8.17. The number of hydrogen-bond acceptors (Lipinski definition) is 4. The van der Waals surface area contributed by atoms with Crippen LogP contribution in [0.1, 0.15) is 32.6 Å². The molecule has 3 unspecified atom stereocenters. The fourth-order valence-corrected chi connectivity index (χ4v) is 3.41. The lowest BCUT2D eigenvalue weighted by atomic mass is 10.1. The lowest BCUT2D eigenvalue weighted by Gasteiger charge is -2.24. The monoisotopic (exact) mass is 240 g/mol. The minimum atomic E-state index is -0.210. The number of rotatable bonds is 2. The van der Waals surface area contributed by atoms with Crippen LogP contribution < -0.4 is 5.73 Å². The predicted octanol–water partition coefficient (Wildman–Crippen LogP) is 0.951. The molecule has 17 heavy (non-hydrogen) atoms. The summed E-state index contributed by atoms with van der Waals surface area (Å²) < 4.78 is 12.0. The summed E-state index contributed by atoms with van der Waals surface area (Å²) in [5, 5.41) is 0. The quantitative estimate of drug-likeness (QED) is 0.781. The minimum absolute atomic E-state index is 0.210. The summed E-state index contributed by atoms with van der Waals surface area (Å²) >= 11 is 0. The van der Waals surface area contributed by atoms with Crippen molar-refractivity contribution in [3.63, 3.8) is 0 Å². The van der Waals surface area contributed by atoms with Gasteiger partial charge in [-0.05, 0) is 18.8 Å². The van der Waals surface area contributed by atoms with Crippen LogP contribution in [0.5, 0.6) is 0 Å². The van der Waals surface area contributed by atoms with Crippen LogP contribution in [0.2, 0.25) is 0 Å². The van der Waals surface area contributed by atoms with Gasteiger partial charge in [-0.1, -0.05) is 6.92 Å². The number of ether oxygens (including phenoxy) is 2. The molecule has 1 saturated carbocycles. The van der Waals surface area contributed by atoms with Crippen molar-refractivity contribution in [3.05, 3.63) is 0 Å². The van der Waals surface area contributed by atoms with Crippen molar-refractivity contribution in [2.75, 3.05) is 26.2 Å². The highest BCUT2D eigenvalue weighted by atomic mass is 16.7. The average molecular weight is 240 g/mol. The Balaban J connectivity index is 1.51. The third-order valence-corrected chi connectivity index (χ3v) is 4.49. The van der Waals surface area contributed by atoms with E-state index in [1.165, 1.54) is 12.8 Å². The van der Waals surface area contributed by atoms with E-state index in [0.29, 0.717) is 12.0 Å². The molecule has 0 bridgehead atoms. The van der Waals surface area contributed by atoms with Gasteiger partial charge < -0.3 is 15.2 Å². The summed E-state index contributed by atoms with van der Waals surface area (Å²) in [5.41, 5.74) is 6.04. The van der Waals surface area contributed by atoms with Crippen molar-refractivity contribution >= 4 is 0 Å². The van der Waals surface area contributed by atoms with Gasteiger partial charge in [0, 0.05) is 38.5 Å². The van der Waals surface area contributed by atoms with E-state index in [9.17, 15) is 0 Å². The Morgan fingerprint density at radius 1 is 1.29 bits per heavy atom. The summed E-state index contributed by atoms with van der Waals surface area (Å²) in [5.74, 6) is 0.399. The number of nitrogens with zero attached hydrogens (tertiary/aromatic N) is 1. The standard InChI is InChI=1S/C13H24N2O2/c1-10-6-15(8-12(10)14)7-11-9-16-13(17-11)4-2-3-5-13/h10-12H,2-9,14H2,1H3. The maximum atomic E-state index is 6.14. The van der Waals surface area contributed by atoms with Gasteiger partial charge in [-0.2, -0.15) is 0 Å². The van der Waals surface area contributed by atoms with Crippen molar-refractivity contribution in [3.8, 4) is 0 Å². The van der Waals surface area contributed by atoms with E-state index in [2.05, 4.69) is 11.8 Å². The van der Waals surface area contributed by atoms with Crippen molar-refractivity contribution in [2.45, 2.75) is 50.5 Å². The second kappa shape index (κ2) is 4.50. The first-order valence-electron chi connectivity index (χ1n) is 6.97. The van der Waals surface area contributed by atoms with Crippen molar-refractivity contribution < 1.29 is 9.47 Å². The van der Waals surface area contributed by atoms with Gasteiger partial charge in [-0.25, -0.2) is 0 Å². The van der Waals surface area contributed by atoms with Gasteiger partial charge >= 0.3 is 0 Å². The van der Waals surface area contributed by atoms with E-state index in [1.807, 2.05) is 0 Å². The molecule has 3 atom stereocenters. The molecule has 0 aromatic rings. The summed E-state index contributed by atoms with van der Waals surface area (Å²) in [4.78, 5) is 2.43. The van der Waals surface area contributed by atoms with Crippen molar-refractivity contribution in [1.82, 2.24) is 4.90 Å². The maximum Gasteiger partial charge on any atom is 0.168 e. The topological polar surface area (TPSA) is 47.7 Å². The Hall–Kier alpha value is -0.160. The minimum Gasteiger partial charge on any atom is -0.347 e. The molecular formula is C13H24N2O2. The molecule has 2 saturated heterocycles. The van der Waals surface area contributed by atoms with E-state index in [4.69, 9.17) is 15.2 Å². The normalized spacial score (nSPS) is 41.6. The number of hydrogen-bond donors (Lipinski definition) is 1. The second-order valence-electron chi connectivity index (χ2n) is 6.03. The Labute approximate surface area is 103 Å². The first-order valence-corrected chi connectivity index (χ1v) is 6.97. The molecule has 2 heterocycles. The molecule has 2 aliphatic heterocycles. The first kappa shape index (κ1) is 11.9. The lowest BCUT2D eigenvalue weighted by molar-refractivity contribution is -0.163. The molecular weight excluding hydrogens is 216 g/mol. The highest BCUT2D eigenvalue weighted by Crippen LogP contribution is 2.39. The van der Waals surface area contributed by atoms with Gasteiger partial charge in [0.25, 0.3) is 0 Å². The largest absolute Gasteiger partial charge is 0.347 e. The van der Waals surface area contributed by atoms with Crippen LogP contribution in [0.4, 0.5) is 0 Å². The van der Waals surface area contributed by atoms with Gasteiger partial charge in [0.05, 0.1) is 12.7 Å². The maximum absolute atomic E-state index is 6.14. The summed E-state index contributed by atoms with van der Waals surface area (Å²) in [6.45, 7) is 6.09. The third-order valence-electron chi connectivity index (χ3n) is 4.49. The van der Waals surface area contributed by atoms with Crippen LogP contribution in [-0.4, -0.2) is 49.1 Å². The molecule has 0 aromatic heterocycles. The third kappa shape index (κ3) is 2.36. The van der Waals surface area contributed by atoms with Crippen LogP contribution in [0.25, 0.3) is 0 Å². The van der Waals surface area contributed by atoms with Gasteiger partial charge in [0.15, 0.2) is 5.79 Å². The van der Waals surface area contributed by atoms with Gasteiger partial charge in [0.1, 0.15) is 0 Å². The molecule has 1 aliphatic carbocycles. The molecule has 0 aromatic carbocycles. The molecule has 4 nitrogen and oxygen atoms in total. The van der Waals surface area contributed by atoms with Crippen molar-refractivity contribution in [2.24, 2.45) is 11.7 Å². The molecule has 3 fully saturated rings. The fourth-order valence-electron chi connectivity index (χ4n) is 3.41. The fraction of sp³-hybridized carbons (Fsp3) is 1.00. The predicted molar refractivity (Wildman–Crippen MR) is 65.6 cm³/mol. The smallest absolute Gasteiger partial charge is 0.168 e. The summed E-state index contributed by atoms with van der Waals surface area (Å²) in [6.07, 6.45) is 4.92. The lowest BCUT2D eigenvalue weighted by Crippen LogP contribution is -2.35. The van der Waals surface area contributed by atoms with E-state index >= 15 is 0 Å². The number of likely N-dealkylation sites (tertiary alicyclic amines) is 1. The van der Waals surface area contributed by atoms with Crippen molar-refractivity contribution in [1.29, 1.82) is 0 Å². The zero-order chi connectivity index (χ0) is 11.9. The zero-order valence-corrected chi connectivity index (χ0v) is 10.7. The van der Waals surface area contributed by atoms with E-state index in [0.717, 1.165) is 39.1 Å². The molecule has 3 aliphatic rings. The molecule has 4 heteroatoms. The van der Waals surface area contributed by atoms with Crippen LogP contribution in [-0.2, 0) is 9.47 Å². The van der Waals surface area contributed by atoms with Gasteiger partial charge in [-0.3, -0.25) is 4.90 Å². The average Bonchev–Trinajstić information content (AvgIpc) is 2.96. The SMILES string of the molecule is CC1CN(CC2COC3(CCCC3)O2)CC1N. The number of nitrogens with two attached hydrogens (primary N) is 1. The highest BCUT2D eigenvalue weighted by Gasteiger charge is 2.44. The van der Waals surface area contributed by atoms with Gasteiger partial charge in [0.2, 0.25) is 0 Å². The summed E-state index contributed by atoms with van der Waals surface area (Å²) in [7, 11) is 0. The molecule has 2 N–H and O–H groups in total. The Morgan fingerprint density at radius 3 is 2.71 bits per heavy atom. The van der Waals surface area contributed by atoms with E-state index < -0.39 is 0 Å². The molecule has 98 valence electrons. The van der Waals surface area contributed by atoms with Crippen LogP contribution in [0, 0.1) is 5.92 Å². The Kier molecular flexibility index (Phi) is 3.15. The highest BCUT2D eigenvalue weighted by molar-refractivity contribution is 4.89. The molecule has 0 radical (unpaired) electrons. The van der Waals surface area contributed by atoms with Crippen LogP contribution >= 0.6 is 0 Å². The molecule has 1 spiro atoms. The van der Waals surface area contributed by atoms with E-state index in [1.54, 1.807) is 0 Å². The summed E-state index contributed by atoms with van der Waals surface area (Å²) in [6, 6.07) is 0.331. The molecule has 3 rings (SSSR count). The molecule has 0 amide bonds. The van der Waals surface area contributed by atoms with Gasteiger partial charge in [-0.15, -0.1) is 0 Å².